The van der Waals surface area contributed by atoms with E-state index in [1.807, 2.05) is 0 Å². The molecule has 0 fully saturated rings. The van der Waals surface area contributed by atoms with Crippen molar-refractivity contribution in [2.24, 2.45) is 0 Å². The van der Waals surface area contributed by atoms with Crippen molar-refractivity contribution in [3.8, 4) is 0 Å². The van der Waals surface area contributed by atoms with E-state index in [1.54, 1.807) is 0 Å². The molecule has 0 aliphatic carbocycles. The second kappa shape index (κ2) is 13.7. The Morgan fingerprint density at radius 3 is 1.82 bits per heavy atom. The lowest BCUT2D eigenvalue weighted by molar-refractivity contribution is -0.141. The highest BCUT2D eigenvalue weighted by molar-refractivity contribution is 7.89. The van der Waals surface area contributed by atoms with Crippen molar-refractivity contribution in [3.05, 3.63) is 45.5 Å². The van der Waals surface area contributed by atoms with Gasteiger partial charge in [-0.15, -0.1) is 0 Å². The fourth-order valence-electron chi connectivity index (χ4n) is 4.21. The third-order valence-corrected chi connectivity index (χ3v) is 7.20. The average Bonchev–Trinajstić information content (AvgIpc) is 3.42. The Hall–Kier alpha value is -3.94. The molecule has 0 aliphatic rings. The Labute approximate surface area is 225 Å². The maximum absolute atomic E-state index is 12.8. The molecule has 14 heteroatoms. The summed E-state index contributed by atoms with van der Waals surface area (Å²) in [6, 6.07) is 0. The lowest BCUT2D eigenvalue weighted by Gasteiger charge is -2.12. The number of nitrogens with one attached hydrogen (secondary N) is 1. The van der Waals surface area contributed by atoms with Gasteiger partial charge in [0, 0.05) is 36.8 Å². The average molecular weight is 569 g/mol. The fraction of sp³-hybridized carbons (Fsp3) is 0.480. The van der Waals surface area contributed by atoms with E-state index in [1.165, 1.54) is 34.6 Å². The molecular formula is C25H32N2O11S. The molecule has 0 radical (unpaired) electrons. The molecular weight excluding hydrogens is 536 g/mol. The van der Waals surface area contributed by atoms with Crippen molar-refractivity contribution in [3.63, 3.8) is 0 Å². The van der Waals surface area contributed by atoms with Crippen LogP contribution in [0.3, 0.4) is 0 Å². The van der Waals surface area contributed by atoms with Gasteiger partial charge in [0.05, 0.1) is 53.2 Å². The van der Waals surface area contributed by atoms with Gasteiger partial charge in [0.25, 0.3) is 0 Å². The van der Waals surface area contributed by atoms with E-state index in [4.69, 9.17) is 14.2 Å². The van der Waals surface area contributed by atoms with Crippen LogP contribution in [0.2, 0.25) is 0 Å². The Kier molecular flexibility index (Phi) is 11.0. The first-order chi connectivity index (χ1) is 18.4. The van der Waals surface area contributed by atoms with Crippen LogP contribution in [0.15, 0.2) is 6.20 Å². The van der Waals surface area contributed by atoms with E-state index in [0.29, 0.717) is 34.2 Å². The molecule has 214 valence electrons. The van der Waals surface area contributed by atoms with Crippen LogP contribution in [-0.2, 0) is 80.3 Å². The molecule has 2 rings (SSSR count). The molecule has 0 unspecified atom stereocenters. The maximum Gasteiger partial charge on any atom is 0.310 e. The van der Waals surface area contributed by atoms with Crippen molar-refractivity contribution in [1.29, 1.82) is 0 Å². The Bertz CT molecular complexity index is 1350. The van der Waals surface area contributed by atoms with Crippen molar-refractivity contribution in [2.75, 3.05) is 34.7 Å². The van der Waals surface area contributed by atoms with Crippen molar-refractivity contribution in [1.82, 2.24) is 8.96 Å². The molecule has 0 amide bonds. The Balaban J connectivity index is 2.76. The van der Waals surface area contributed by atoms with E-state index in [-0.39, 0.29) is 56.3 Å². The number of carbonyl (C=O) groups excluding carboxylic acids is 5. The molecule has 0 atom stereocenters. The first-order valence-electron chi connectivity index (χ1n) is 11.8. The molecule has 13 nitrogen and oxygen atoms in total. The number of aromatic amines is 1. The van der Waals surface area contributed by atoms with E-state index in [0.717, 1.165) is 10.2 Å². The minimum Gasteiger partial charge on any atom is -0.469 e. The summed E-state index contributed by atoms with van der Waals surface area (Å²) in [7, 11) is 0.930. The van der Waals surface area contributed by atoms with Gasteiger partial charge in [-0.3, -0.25) is 24.0 Å². The maximum atomic E-state index is 12.8. The van der Waals surface area contributed by atoms with Gasteiger partial charge < -0.3 is 23.9 Å². The highest BCUT2D eigenvalue weighted by Gasteiger charge is 2.27. The van der Waals surface area contributed by atoms with Gasteiger partial charge in [-0.25, -0.2) is 12.4 Å². The normalized spacial score (nSPS) is 11.1. The summed E-state index contributed by atoms with van der Waals surface area (Å²) in [4.78, 5) is 62.9. The van der Waals surface area contributed by atoms with E-state index in [9.17, 15) is 32.4 Å². The predicted molar refractivity (Wildman–Crippen MR) is 136 cm³/mol. The van der Waals surface area contributed by atoms with Crippen molar-refractivity contribution >= 4 is 40.2 Å². The number of aryl methyl sites for hydroxylation is 1. The zero-order valence-corrected chi connectivity index (χ0v) is 23.3. The number of rotatable bonds is 14. The molecule has 0 saturated carbocycles. The van der Waals surface area contributed by atoms with Crippen molar-refractivity contribution < 1.29 is 51.3 Å². The largest absolute Gasteiger partial charge is 0.469 e. The molecule has 0 bridgehead atoms. The van der Waals surface area contributed by atoms with E-state index in [2.05, 4.69) is 9.72 Å². The number of aromatic nitrogens is 2. The van der Waals surface area contributed by atoms with Crippen LogP contribution in [-0.4, -0.2) is 82.2 Å². The molecule has 0 saturated heterocycles. The van der Waals surface area contributed by atoms with Gasteiger partial charge in [0.1, 0.15) is 0 Å². The number of H-pyrrole nitrogens is 1. The fourth-order valence-corrected chi connectivity index (χ4v) is 5.10. The number of carbonyl (C=O) groups is 5. The van der Waals surface area contributed by atoms with E-state index >= 15 is 0 Å². The van der Waals surface area contributed by atoms with Crippen LogP contribution in [0.25, 0.3) is 0 Å². The van der Waals surface area contributed by atoms with Gasteiger partial charge in [-0.05, 0) is 35.1 Å². The summed E-state index contributed by atoms with van der Waals surface area (Å²) in [5.74, 6) is -2.32. The first kappa shape index (κ1) is 31.3. The Morgan fingerprint density at radius 1 is 0.821 bits per heavy atom. The summed E-state index contributed by atoms with van der Waals surface area (Å²) in [6.45, 7) is 0. The van der Waals surface area contributed by atoms with Gasteiger partial charge in [-0.2, -0.15) is 0 Å². The molecule has 2 heterocycles. The topological polar surface area (TPSA) is 177 Å². The van der Waals surface area contributed by atoms with Gasteiger partial charge >= 0.3 is 23.9 Å². The van der Waals surface area contributed by atoms with Gasteiger partial charge in [-0.1, -0.05) is 0 Å². The standard InChI is InChI=1S/C25H32N2O11S/c1-35-22(29)8-6-15-13-27(39(5,33)34)21(17(15)10-24(31)37-3)12-19-16(7-9-23(30)36-2)18(11-25(32)38-4)20(14-28)26-19/h13-14,26H,6-12H2,1-5H3. The number of hydrogen-bond acceptors (Lipinski definition) is 11. The van der Waals surface area contributed by atoms with Crippen molar-refractivity contribution in [2.45, 2.75) is 44.9 Å². The number of esters is 4. The molecule has 0 aromatic carbocycles. The SMILES string of the molecule is COC(=O)CCc1cn(S(C)(=O)=O)c(Cc2[nH]c(C=O)c(CC(=O)OC)c2CCC(=O)OC)c1CC(=O)OC. The number of nitrogens with zero attached hydrogens (tertiary/aromatic N) is 1. The van der Waals surface area contributed by atoms with Crippen LogP contribution in [0, 0.1) is 0 Å². The first-order valence-corrected chi connectivity index (χ1v) is 13.6. The third-order valence-electron chi connectivity index (χ3n) is 6.16. The van der Waals surface area contributed by atoms with Crippen LogP contribution in [0.4, 0.5) is 0 Å². The van der Waals surface area contributed by atoms with E-state index < -0.39 is 33.9 Å². The zero-order chi connectivity index (χ0) is 29.3. The van der Waals surface area contributed by atoms with Crippen LogP contribution in [0.5, 0.6) is 0 Å². The van der Waals surface area contributed by atoms with Gasteiger partial charge in [0.15, 0.2) is 6.29 Å². The second-order valence-corrected chi connectivity index (χ2v) is 10.4. The lowest BCUT2D eigenvalue weighted by atomic mass is 9.96. The molecule has 0 spiro atoms. The van der Waals surface area contributed by atoms with Crippen LogP contribution in [0.1, 0.15) is 57.0 Å². The summed E-state index contributed by atoms with van der Waals surface area (Å²) >= 11 is 0. The number of ether oxygens (including phenoxy) is 4. The molecule has 2 aromatic heterocycles. The number of methoxy groups -OCH3 is 4. The smallest absolute Gasteiger partial charge is 0.310 e. The minimum absolute atomic E-state index is 0.0631. The number of aldehydes is 1. The summed E-state index contributed by atoms with van der Waals surface area (Å²) < 4.78 is 45.5. The monoisotopic (exact) mass is 568 g/mol. The zero-order valence-electron chi connectivity index (χ0n) is 22.5. The third kappa shape index (κ3) is 8.02. The van der Waals surface area contributed by atoms with Crippen LogP contribution >= 0.6 is 0 Å². The quantitative estimate of drug-likeness (QED) is 0.192. The summed E-state index contributed by atoms with van der Waals surface area (Å²) in [5.41, 5.74) is 2.08. The molecule has 39 heavy (non-hydrogen) atoms. The van der Waals surface area contributed by atoms with Gasteiger partial charge in [0.2, 0.25) is 10.0 Å². The second-order valence-electron chi connectivity index (χ2n) is 8.57. The highest BCUT2D eigenvalue weighted by atomic mass is 32.2. The molecule has 2 aromatic rings. The summed E-state index contributed by atoms with van der Waals surface area (Å²) in [5, 5.41) is 0. The summed E-state index contributed by atoms with van der Waals surface area (Å²) in [6.07, 6.45) is 2.13. The minimum atomic E-state index is -3.90. The lowest BCUT2D eigenvalue weighted by Crippen LogP contribution is -2.16. The number of hydrogen-bond donors (Lipinski definition) is 1. The van der Waals surface area contributed by atoms with Crippen LogP contribution < -0.4 is 0 Å². The predicted octanol–water partition coefficient (Wildman–Crippen LogP) is 0.669. The Morgan fingerprint density at radius 2 is 1.33 bits per heavy atom. The highest BCUT2D eigenvalue weighted by Crippen LogP contribution is 2.29. The molecule has 0 aliphatic heterocycles. The molecule has 1 N–H and O–H groups in total.